The number of amides is 3. The number of carbonyl (C=O) groups is 3. The smallest absolute Gasteiger partial charge is 0.410 e. The first-order valence-electron chi connectivity index (χ1n) is 13.2. The van der Waals surface area contributed by atoms with Crippen molar-refractivity contribution in [1.29, 1.82) is 0 Å². The van der Waals surface area contributed by atoms with Gasteiger partial charge in [0, 0.05) is 32.8 Å². The Morgan fingerprint density at radius 2 is 1.75 bits per heavy atom. The Morgan fingerprint density at radius 3 is 2.31 bits per heavy atom. The number of ether oxygens (including phenoxy) is 2. The zero-order chi connectivity index (χ0) is 26.7. The van der Waals surface area contributed by atoms with Crippen LogP contribution in [0, 0.1) is 5.92 Å². The summed E-state index contributed by atoms with van der Waals surface area (Å²) >= 11 is 0. The lowest BCUT2D eigenvalue weighted by Crippen LogP contribution is -2.50. The second-order valence-corrected chi connectivity index (χ2v) is 10.8. The maximum absolute atomic E-state index is 12.3. The number of nitrogens with one attached hydrogen (secondary N) is 1. The summed E-state index contributed by atoms with van der Waals surface area (Å²) in [5.41, 5.74) is -0.454. The van der Waals surface area contributed by atoms with E-state index < -0.39 is 17.6 Å². The molecule has 3 rings (SSSR count). The van der Waals surface area contributed by atoms with E-state index in [2.05, 4.69) is 11.9 Å². The number of unbranched alkanes of at least 4 members (excludes halogenated alkanes) is 1. The third kappa shape index (κ3) is 10.3. The molecule has 10 heteroatoms. The first kappa shape index (κ1) is 29.9. The normalized spacial score (nSPS) is 23.1. The van der Waals surface area contributed by atoms with Gasteiger partial charge in [0.1, 0.15) is 11.6 Å². The van der Waals surface area contributed by atoms with Crippen LogP contribution in [0.25, 0.3) is 0 Å². The van der Waals surface area contributed by atoms with Gasteiger partial charge in [-0.25, -0.2) is 14.4 Å². The molecular weight excluding hydrogens is 466 g/mol. The first-order chi connectivity index (χ1) is 17.0. The van der Waals surface area contributed by atoms with Gasteiger partial charge in [0.2, 0.25) is 0 Å². The van der Waals surface area contributed by atoms with E-state index in [1.54, 1.807) is 4.90 Å². The highest BCUT2D eigenvalue weighted by atomic mass is 16.6. The number of hydrogen-bond donors (Lipinski definition) is 3. The Bertz CT molecular complexity index is 734. The highest BCUT2D eigenvalue weighted by Gasteiger charge is 2.35. The Balaban J connectivity index is 0.000000297. The molecule has 1 unspecified atom stereocenters. The van der Waals surface area contributed by atoms with Crippen molar-refractivity contribution in [2.24, 2.45) is 5.92 Å². The molecule has 2 saturated heterocycles. The molecule has 0 aromatic heterocycles. The van der Waals surface area contributed by atoms with E-state index in [1.165, 1.54) is 4.90 Å². The molecule has 2 aliphatic heterocycles. The predicted molar refractivity (Wildman–Crippen MR) is 136 cm³/mol. The predicted octanol–water partition coefficient (Wildman–Crippen LogP) is 3.38. The van der Waals surface area contributed by atoms with Gasteiger partial charge >= 0.3 is 18.1 Å². The molecular formula is C26H45N3O7. The summed E-state index contributed by atoms with van der Waals surface area (Å²) in [5.74, 6) is -0.869. The van der Waals surface area contributed by atoms with Crippen LogP contribution in [0.3, 0.4) is 0 Å². The van der Waals surface area contributed by atoms with Crippen LogP contribution in [-0.2, 0) is 14.3 Å². The second-order valence-electron chi connectivity index (χ2n) is 10.8. The number of hydrogen-bond acceptors (Lipinski definition) is 6. The third-order valence-corrected chi connectivity index (χ3v) is 6.57. The zero-order valence-corrected chi connectivity index (χ0v) is 22.1. The number of nitrogens with zero attached hydrogens (tertiary/aromatic N) is 2. The van der Waals surface area contributed by atoms with Crippen molar-refractivity contribution in [3.05, 3.63) is 12.7 Å². The molecule has 3 amide bonds. The molecule has 10 nitrogen and oxygen atoms in total. The number of β-amino-alcohol motifs (C(OH)–C–C–N with tert-alkyl or cyclic N) is 1. The quantitative estimate of drug-likeness (QED) is 0.337. The van der Waals surface area contributed by atoms with Gasteiger partial charge in [0.05, 0.1) is 12.2 Å². The summed E-state index contributed by atoms with van der Waals surface area (Å²) in [6, 6.07) is -1.04. The summed E-state index contributed by atoms with van der Waals surface area (Å²) in [5, 5.41) is 21.3. The van der Waals surface area contributed by atoms with Gasteiger partial charge in [-0.2, -0.15) is 0 Å². The Kier molecular flexibility index (Phi) is 12.0. The van der Waals surface area contributed by atoms with Crippen molar-refractivity contribution in [2.75, 3.05) is 32.8 Å². The SMILES string of the molecule is C=CCCCO[C@H]1CCN(C(=O)NC(C(=O)O)C2CCCC2)C1.CC(C)(C)OC(=O)N1CC[C@H](O)C1. The zero-order valence-electron chi connectivity index (χ0n) is 22.1. The Labute approximate surface area is 215 Å². The number of urea groups is 1. The molecule has 1 aliphatic carbocycles. The lowest BCUT2D eigenvalue weighted by molar-refractivity contribution is -0.140. The van der Waals surface area contributed by atoms with Crippen LogP contribution in [0.5, 0.6) is 0 Å². The minimum Gasteiger partial charge on any atom is -0.480 e. The van der Waals surface area contributed by atoms with E-state index in [0.29, 0.717) is 39.2 Å². The molecule has 0 radical (unpaired) electrons. The number of carbonyl (C=O) groups excluding carboxylic acids is 2. The van der Waals surface area contributed by atoms with Crippen molar-refractivity contribution < 1.29 is 34.1 Å². The molecule has 36 heavy (non-hydrogen) atoms. The number of allylic oxidation sites excluding steroid dienone is 1. The largest absolute Gasteiger partial charge is 0.480 e. The summed E-state index contributed by atoms with van der Waals surface area (Å²) < 4.78 is 10.9. The fourth-order valence-corrected chi connectivity index (χ4v) is 4.66. The van der Waals surface area contributed by atoms with Crippen molar-refractivity contribution in [1.82, 2.24) is 15.1 Å². The Hall–Kier alpha value is -2.33. The number of carboxylic acids is 1. The lowest BCUT2D eigenvalue weighted by atomic mass is 9.98. The number of aliphatic carboxylic acids is 1. The second kappa shape index (κ2) is 14.4. The summed E-state index contributed by atoms with van der Waals surface area (Å²) in [7, 11) is 0. The van der Waals surface area contributed by atoms with Crippen LogP contribution >= 0.6 is 0 Å². The van der Waals surface area contributed by atoms with Crippen molar-refractivity contribution >= 4 is 18.1 Å². The average molecular weight is 512 g/mol. The fourth-order valence-electron chi connectivity index (χ4n) is 4.66. The van der Waals surface area contributed by atoms with Crippen LogP contribution < -0.4 is 5.32 Å². The van der Waals surface area contributed by atoms with Crippen LogP contribution in [-0.4, -0.2) is 94.7 Å². The molecule has 3 N–H and O–H groups in total. The molecule has 3 aliphatic rings. The van der Waals surface area contributed by atoms with Crippen molar-refractivity contribution in [3.63, 3.8) is 0 Å². The van der Waals surface area contributed by atoms with E-state index >= 15 is 0 Å². The van der Waals surface area contributed by atoms with Crippen LogP contribution in [0.15, 0.2) is 12.7 Å². The van der Waals surface area contributed by atoms with Gasteiger partial charge in [-0.15, -0.1) is 6.58 Å². The maximum atomic E-state index is 12.3. The lowest BCUT2D eigenvalue weighted by Gasteiger charge is -2.24. The van der Waals surface area contributed by atoms with E-state index in [-0.39, 0.29) is 30.3 Å². The van der Waals surface area contributed by atoms with E-state index in [4.69, 9.17) is 9.47 Å². The van der Waals surface area contributed by atoms with Gasteiger partial charge in [-0.3, -0.25) is 0 Å². The molecule has 2 heterocycles. The highest BCUT2D eigenvalue weighted by Crippen LogP contribution is 2.28. The van der Waals surface area contributed by atoms with Gasteiger partial charge in [0.15, 0.2) is 0 Å². The molecule has 0 spiro atoms. The van der Waals surface area contributed by atoms with Gasteiger partial charge < -0.3 is 34.8 Å². The summed E-state index contributed by atoms with van der Waals surface area (Å²) in [6.45, 7) is 12.0. The summed E-state index contributed by atoms with van der Waals surface area (Å²) in [6.07, 6.45) is 8.40. The molecule has 206 valence electrons. The van der Waals surface area contributed by atoms with E-state index in [1.807, 2.05) is 26.8 Å². The number of likely N-dealkylation sites (tertiary alicyclic amines) is 2. The van der Waals surface area contributed by atoms with E-state index in [0.717, 1.165) is 44.9 Å². The van der Waals surface area contributed by atoms with Crippen LogP contribution in [0.4, 0.5) is 9.59 Å². The fraction of sp³-hybridized carbons (Fsp3) is 0.808. The third-order valence-electron chi connectivity index (χ3n) is 6.57. The molecule has 3 fully saturated rings. The Morgan fingerprint density at radius 1 is 1.08 bits per heavy atom. The number of aliphatic hydroxyl groups excluding tert-OH is 1. The van der Waals surface area contributed by atoms with Crippen LogP contribution in [0.2, 0.25) is 0 Å². The molecule has 3 atom stereocenters. The molecule has 0 bridgehead atoms. The minimum atomic E-state index is -0.929. The standard InChI is InChI=1S/C17H28N2O4.C9H17NO3/c1-2-3-6-11-23-14-9-10-19(12-14)17(22)18-15(16(20)21)13-7-4-5-8-13;1-9(2,3)13-8(12)10-5-4-7(11)6-10/h2,13-15H,1,3-12H2,(H,18,22)(H,20,21);7,11H,4-6H2,1-3H3/t14-,15?;7-/m00/s1. The molecule has 1 saturated carbocycles. The maximum Gasteiger partial charge on any atom is 0.410 e. The first-order valence-corrected chi connectivity index (χ1v) is 13.2. The van der Waals surface area contributed by atoms with Gasteiger partial charge in [-0.05, 0) is 65.2 Å². The minimum absolute atomic E-state index is 0.0559. The van der Waals surface area contributed by atoms with Crippen molar-refractivity contribution in [3.8, 4) is 0 Å². The topological polar surface area (TPSA) is 129 Å². The number of carboxylic acid groups (broad SMARTS) is 1. The van der Waals surface area contributed by atoms with Gasteiger partial charge in [0.25, 0.3) is 0 Å². The average Bonchev–Trinajstić information content (AvgIpc) is 3.56. The van der Waals surface area contributed by atoms with Gasteiger partial charge in [-0.1, -0.05) is 18.9 Å². The number of rotatable bonds is 8. The monoisotopic (exact) mass is 511 g/mol. The molecule has 0 aromatic carbocycles. The van der Waals surface area contributed by atoms with E-state index in [9.17, 15) is 24.6 Å². The van der Waals surface area contributed by atoms with Crippen LogP contribution in [0.1, 0.15) is 72.1 Å². The highest BCUT2D eigenvalue weighted by molar-refractivity contribution is 5.83. The number of aliphatic hydroxyl groups is 1. The molecule has 0 aromatic rings. The summed E-state index contributed by atoms with van der Waals surface area (Å²) in [4.78, 5) is 38.4. The van der Waals surface area contributed by atoms with Crippen molar-refractivity contribution in [2.45, 2.75) is 96.0 Å².